The predicted octanol–water partition coefficient (Wildman–Crippen LogP) is 2.92. The highest BCUT2D eigenvalue weighted by Gasteiger charge is 2.54. The van der Waals surface area contributed by atoms with Gasteiger partial charge in [-0.05, 0) is 48.3 Å². The number of halogens is 1. The minimum Gasteiger partial charge on any atom is -0.465 e. The average molecular weight is 352 g/mol. The van der Waals surface area contributed by atoms with Gasteiger partial charge in [-0.2, -0.15) is 0 Å². The summed E-state index contributed by atoms with van der Waals surface area (Å²) < 4.78 is 0. The molecule has 0 bridgehead atoms. The topological polar surface area (TPSA) is 81.7 Å². The maximum atomic E-state index is 11.9. The number of piperidine rings is 1. The molecule has 0 radical (unpaired) electrons. The Bertz CT molecular complexity index is 612. The molecule has 0 aromatic heterocycles. The quantitative estimate of drug-likeness (QED) is 0.780. The molecule has 1 aromatic carbocycles. The molecule has 1 heterocycles. The molecule has 1 aliphatic heterocycles. The van der Waals surface area contributed by atoms with Crippen LogP contribution in [-0.4, -0.2) is 41.8 Å². The summed E-state index contributed by atoms with van der Waals surface area (Å²) in [5.74, 6) is 0.467. The van der Waals surface area contributed by atoms with E-state index in [1.165, 1.54) is 4.90 Å². The van der Waals surface area contributed by atoms with Gasteiger partial charge in [0.2, 0.25) is 0 Å². The molecule has 1 spiro atoms. The Morgan fingerprint density at radius 3 is 2.50 bits per heavy atom. The van der Waals surface area contributed by atoms with Gasteiger partial charge in [0.05, 0.1) is 0 Å². The van der Waals surface area contributed by atoms with Crippen LogP contribution in [0.5, 0.6) is 0 Å². The van der Waals surface area contributed by atoms with Crippen molar-refractivity contribution in [3.8, 4) is 0 Å². The van der Waals surface area contributed by atoms with E-state index in [1.54, 1.807) is 12.1 Å². The summed E-state index contributed by atoms with van der Waals surface area (Å²) in [5.41, 5.74) is 1.24. The van der Waals surface area contributed by atoms with Crippen molar-refractivity contribution in [3.05, 3.63) is 34.9 Å². The van der Waals surface area contributed by atoms with Crippen molar-refractivity contribution < 1.29 is 14.7 Å². The number of rotatable bonds is 4. The molecule has 1 saturated carbocycles. The normalized spacial score (nSPS) is 21.4. The van der Waals surface area contributed by atoms with Crippen LogP contribution in [0.4, 0.5) is 9.59 Å². The minimum atomic E-state index is -0.832. The molecule has 2 fully saturated rings. The second-order valence-corrected chi connectivity index (χ2v) is 7.16. The molecule has 3 rings (SSSR count). The highest BCUT2D eigenvalue weighted by molar-refractivity contribution is 6.30. The van der Waals surface area contributed by atoms with Gasteiger partial charge in [0, 0.05) is 31.2 Å². The van der Waals surface area contributed by atoms with Crippen LogP contribution in [0.2, 0.25) is 5.02 Å². The van der Waals surface area contributed by atoms with Gasteiger partial charge in [0.25, 0.3) is 0 Å². The number of urea groups is 1. The Balaban J connectivity index is 1.36. The van der Waals surface area contributed by atoms with E-state index >= 15 is 0 Å². The third-order valence-electron chi connectivity index (χ3n) is 5.26. The lowest BCUT2D eigenvalue weighted by atomic mass is 9.91. The van der Waals surface area contributed by atoms with Crippen LogP contribution in [0.15, 0.2) is 24.3 Å². The molecule has 24 heavy (non-hydrogen) atoms. The molecule has 6 nitrogen and oxygen atoms in total. The third-order valence-corrected chi connectivity index (χ3v) is 5.52. The molecule has 3 N–H and O–H groups in total. The van der Waals surface area contributed by atoms with Gasteiger partial charge in [-0.15, -0.1) is 0 Å². The zero-order valence-corrected chi connectivity index (χ0v) is 14.2. The van der Waals surface area contributed by atoms with Gasteiger partial charge < -0.3 is 20.6 Å². The van der Waals surface area contributed by atoms with Crippen molar-refractivity contribution >= 4 is 23.7 Å². The molecular weight excluding hydrogens is 330 g/mol. The molecule has 1 atom stereocenters. The van der Waals surface area contributed by atoms with Gasteiger partial charge in [-0.1, -0.05) is 23.7 Å². The summed E-state index contributed by atoms with van der Waals surface area (Å²) in [6.07, 6.45) is 2.05. The first kappa shape index (κ1) is 16.9. The first-order valence-electron chi connectivity index (χ1n) is 8.22. The van der Waals surface area contributed by atoms with Gasteiger partial charge >= 0.3 is 12.1 Å². The highest BCUT2D eigenvalue weighted by Crippen LogP contribution is 2.58. The van der Waals surface area contributed by atoms with Crippen molar-refractivity contribution in [2.45, 2.75) is 25.8 Å². The fourth-order valence-corrected chi connectivity index (χ4v) is 3.67. The van der Waals surface area contributed by atoms with Crippen molar-refractivity contribution in [2.24, 2.45) is 11.3 Å². The summed E-state index contributed by atoms with van der Waals surface area (Å²) in [4.78, 5) is 24.3. The molecule has 1 unspecified atom stereocenters. The van der Waals surface area contributed by atoms with E-state index in [0.717, 1.165) is 24.8 Å². The van der Waals surface area contributed by atoms with E-state index in [2.05, 4.69) is 10.6 Å². The smallest absolute Gasteiger partial charge is 0.407 e. The Kier molecular flexibility index (Phi) is 4.85. The fourth-order valence-electron chi connectivity index (χ4n) is 3.54. The number of hydrogen-bond donors (Lipinski definition) is 3. The maximum absolute atomic E-state index is 11.9. The van der Waals surface area contributed by atoms with E-state index < -0.39 is 6.09 Å². The predicted molar refractivity (Wildman–Crippen MR) is 91.1 cm³/mol. The number of benzene rings is 1. The number of carbonyl (C=O) groups is 2. The van der Waals surface area contributed by atoms with E-state index in [0.29, 0.717) is 37.1 Å². The standard InChI is InChI=1S/C17H22ClN3O3/c18-14-3-1-12(2-4-14)10-19-15(22)20-11-13-9-17(13)5-7-21(8-6-17)16(23)24/h1-4,13H,5-11H2,(H,23,24)(H2,19,20,22). The Labute approximate surface area is 146 Å². The molecule has 1 aromatic rings. The van der Waals surface area contributed by atoms with E-state index in [4.69, 9.17) is 16.7 Å². The van der Waals surface area contributed by atoms with Crippen molar-refractivity contribution in [1.82, 2.24) is 15.5 Å². The maximum Gasteiger partial charge on any atom is 0.407 e. The number of carbonyl (C=O) groups excluding carboxylic acids is 1. The summed E-state index contributed by atoms with van der Waals surface area (Å²) in [6.45, 7) is 2.33. The Morgan fingerprint density at radius 2 is 1.88 bits per heavy atom. The molecule has 1 aliphatic carbocycles. The van der Waals surface area contributed by atoms with Crippen molar-refractivity contribution in [2.75, 3.05) is 19.6 Å². The zero-order valence-electron chi connectivity index (χ0n) is 13.4. The van der Waals surface area contributed by atoms with Crippen LogP contribution in [0.25, 0.3) is 0 Å². The molecule has 1 saturated heterocycles. The summed E-state index contributed by atoms with van der Waals surface area (Å²) in [6, 6.07) is 7.20. The second-order valence-electron chi connectivity index (χ2n) is 6.72. The van der Waals surface area contributed by atoms with Crippen molar-refractivity contribution in [3.63, 3.8) is 0 Å². The zero-order chi connectivity index (χ0) is 17.2. The third kappa shape index (κ3) is 3.93. The summed E-state index contributed by atoms with van der Waals surface area (Å²) in [5, 5.41) is 15.4. The minimum absolute atomic E-state index is 0.171. The molecule has 3 amide bonds. The number of carboxylic acid groups (broad SMARTS) is 1. The van der Waals surface area contributed by atoms with E-state index in [-0.39, 0.29) is 11.4 Å². The van der Waals surface area contributed by atoms with Crippen molar-refractivity contribution in [1.29, 1.82) is 0 Å². The van der Waals surface area contributed by atoms with Gasteiger partial charge in [0.1, 0.15) is 0 Å². The molecule has 2 aliphatic rings. The van der Waals surface area contributed by atoms with Gasteiger partial charge in [-0.3, -0.25) is 0 Å². The fraction of sp³-hybridized carbons (Fsp3) is 0.529. The van der Waals surface area contributed by atoms with Crippen LogP contribution < -0.4 is 10.6 Å². The SMILES string of the molecule is O=C(NCc1ccc(Cl)cc1)NCC1CC12CCN(C(=O)O)CC2. The van der Waals surface area contributed by atoms with Crippen LogP contribution >= 0.6 is 11.6 Å². The summed E-state index contributed by atoms with van der Waals surface area (Å²) in [7, 11) is 0. The Hall–Kier alpha value is -1.95. The number of nitrogens with one attached hydrogen (secondary N) is 2. The lowest BCUT2D eigenvalue weighted by molar-refractivity contribution is 0.117. The summed E-state index contributed by atoms with van der Waals surface area (Å²) >= 11 is 5.83. The van der Waals surface area contributed by atoms with Gasteiger partial charge in [-0.25, -0.2) is 9.59 Å². The number of likely N-dealkylation sites (tertiary alicyclic amines) is 1. The van der Waals surface area contributed by atoms with Crippen LogP contribution in [0.3, 0.4) is 0 Å². The lowest BCUT2D eigenvalue weighted by Gasteiger charge is -2.31. The van der Waals surface area contributed by atoms with E-state index in [9.17, 15) is 9.59 Å². The first-order valence-corrected chi connectivity index (χ1v) is 8.60. The number of hydrogen-bond acceptors (Lipinski definition) is 2. The largest absolute Gasteiger partial charge is 0.465 e. The molecule has 130 valence electrons. The van der Waals surface area contributed by atoms with Gasteiger partial charge in [0.15, 0.2) is 0 Å². The van der Waals surface area contributed by atoms with E-state index in [1.807, 2.05) is 12.1 Å². The number of amides is 3. The van der Waals surface area contributed by atoms with Crippen LogP contribution in [0, 0.1) is 11.3 Å². The molecular formula is C17H22ClN3O3. The Morgan fingerprint density at radius 1 is 1.21 bits per heavy atom. The molecule has 7 heteroatoms. The monoisotopic (exact) mass is 351 g/mol. The van der Waals surface area contributed by atoms with Crippen LogP contribution in [-0.2, 0) is 6.54 Å². The first-order chi connectivity index (χ1) is 11.5. The average Bonchev–Trinajstić information content (AvgIpc) is 3.24. The lowest BCUT2D eigenvalue weighted by Crippen LogP contribution is -2.40. The second kappa shape index (κ2) is 6.89. The number of nitrogens with zero attached hydrogens (tertiary/aromatic N) is 1. The van der Waals surface area contributed by atoms with Crippen LogP contribution in [0.1, 0.15) is 24.8 Å². The highest BCUT2D eigenvalue weighted by atomic mass is 35.5.